The van der Waals surface area contributed by atoms with Crippen LogP contribution in [0.4, 0.5) is 0 Å². The molecule has 0 aromatic heterocycles. The molecule has 2 unspecified atom stereocenters. The van der Waals surface area contributed by atoms with E-state index < -0.39 is 5.97 Å². The number of thioether (sulfide) groups is 1. The van der Waals surface area contributed by atoms with E-state index in [9.17, 15) is 4.79 Å². The van der Waals surface area contributed by atoms with Gasteiger partial charge in [0.2, 0.25) is 0 Å². The smallest absolute Gasteiger partial charge is 0.363 e. The van der Waals surface area contributed by atoms with Gasteiger partial charge in [-0.3, -0.25) is 0 Å². The average molecular weight is 184 g/mol. The van der Waals surface area contributed by atoms with E-state index in [0.29, 0.717) is 0 Å². The molecule has 1 aliphatic rings. The molecular weight excluding hydrogens is 174 g/mol. The van der Waals surface area contributed by atoms with Crippen molar-refractivity contribution in [3.63, 3.8) is 0 Å². The molecule has 1 saturated heterocycles. The Balaban J connectivity index is 0.000000810. The summed E-state index contributed by atoms with van der Waals surface area (Å²) in [5, 5.41) is 8.55. The lowest BCUT2D eigenvalue weighted by Gasteiger charge is -2.09. The van der Waals surface area contributed by atoms with Crippen LogP contribution in [0.1, 0.15) is 0 Å². The van der Waals surface area contributed by atoms with Crippen molar-refractivity contribution in [1.29, 1.82) is 0 Å². The van der Waals surface area contributed by atoms with Crippen LogP contribution in [0.5, 0.6) is 0 Å². The Morgan fingerprint density at radius 2 is 2.40 bits per heavy atom. The second-order valence-corrected chi connectivity index (χ2v) is 3.28. The van der Waals surface area contributed by atoms with Gasteiger partial charge in [0.15, 0.2) is 6.04 Å². The number of carboxylic acids is 1. The molecule has 1 fully saturated rings. The van der Waals surface area contributed by atoms with Crippen LogP contribution < -0.4 is 17.3 Å². The van der Waals surface area contributed by atoms with Crippen molar-refractivity contribution in [2.24, 2.45) is 0 Å². The predicted octanol–water partition coefficient (Wildman–Crippen LogP) is -4.34. The molecule has 0 aromatic carbocycles. The van der Waals surface area contributed by atoms with Crippen molar-refractivity contribution >= 4 is 17.7 Å². The molecule has 2 atom stereocenters. The van der Waals surface area contributed by atoms with Gasteiger partial charge in [-0.05, 0) is 0 Å². The third-order valence-corrected chi connectivity index (χ3v) is 2.74. The van der Waals surface area contributed by atoms with Crippen molar-refractivity contribution in [1.82, 2.24) is 0 Å². The molecular formula is C5H10ClNO2S. The highest BCUT2D eigenvalue weighted by atomic mass is 35.5. The lowest BCUT2D eigenvalue weighted by Crippen LogP contribution is -3.12. The van der Waals surface area contributed by atoms with Gasteiger partial charge in [-0.25, -0.2) is 4.79 Å². The van der Waals surface area contributed by atoms with Gasteiger partial charge in [-0.2, -0.15) is 0 Å². The SMILES string of the molecule is C[NH+]1CSCC1C(=O)O.[Cl-]. The summed E-state index contributed by atoms with van der Waals surface area (Å²) in [5.74, 6) is 1.02. The highest BCUT2D eigenvalue weighted by Crippen LogP contribution is 2.03. The lowest BCUT2D eigenvalue weighted by molar-refractivity contribution is -0.876. The summed E-state index contributed by atoms with van der Waals surface area (Å²) in [7, 11) is 1.92. The van der Waals surface area contributed by atoms with Crippen molar-refractivity contribution in [2.45, 2.75) is 6.04 Å². The Bertz CT molecular complexity index is 133. The number of carboxylic acid groups (broad SMARTS) is 1. The molecule has 1 heterocycles. The quantitative estimate of drug-likeness (QED) is 0.432. The summed E-state index contributed by atoms with van der Waals surface area (Å²) >= 11 is 1.70. The normalized spacial score (nSPS) is 31.3. The van der Waals surface area contributed by atoms with Crippen molar-refractivity contribution < 1.29 is 27.2 Å². The third kappa shape index (κ3) is 2.04. The number of halogens is 1. The first-order valence-electron chi connectivity index (χ1n) is 2.84. The molecule has 1 aliphatic heterocycles. The molecule has 60 valence electrons. The van der Waals surface area contributed by atoms with Crippen LogP contribution in [0.2, 0.25) is 0 Å². The molecule has 0 aliphatic carbocycles. The maximum absolute atomic E-state index is 10.4. The van der Waals surface area contributed by atoms with Crippen LogP contribution in [-0.2, 0) is 4.79 Å². The first-order chi connectivity index (χ1) is 4.22. The first-order valence-corrected chi connectivity index (χ1v) is 4.00. The van der Waals surface area contributed by atoms with Gasteiger partial charge in [0, 0.05) is 0 Å². The van der Waals surface area contributed by atoms with E-state index in [-0.39, 0.29) is 18.4 Å². The largest absolute Gasteiger partial charge is 1.00 e. The summed E-state index contributed by atoms with van der Waals surface area (Å²) < 4.78 is 0. The number of hydrogen-bond donors (Lipinski definition) is 2. The minimum absolute atomic E-state index is 0. The van der Waals surface area contributed by atoms with E-state index in [1.54, 1.807) is 11.8 Å². The Morgan fingerprint density at radius 1 is 1.80 bits per heavy atom. The monoisotopic (exact) mass is 183 g/mol. The third-order valence-electron chi connectivity index (χ3n) is 1.51. The van der Waals surface area contributed by atoms with Gasteiger partial charge in [0.05, 0.1) is 12.8 Å². The Morgan fingerprint density at radius 3 is 2.60 bits per heavy atom. The summed E-state index contributed by atoms with van der Waals surface area (Å²) in [4.78, 5) is 11.5. The van der Waals surface area contributed by atoms with Crippen LogP contribution in [0.25, 0.3) is 0 Å². The van der Waals surface area contributed by atoms with Crippen LogP contribution in [0, 0.1) is 0 Å². The fourth-order valence-corrected chi connectivity index (χ4v) is 2.17. The predicted molar refractivity (Wildman–Crippen MR) is 35.6 cm³/mol. The van der Waals surface area contributed by atoms with Crippen molar-refractivity contribution in [3.05, 3.63) is 0 Å². The van der Waals surface area contributed by atoms with Crippen LogP contribution >= 0.6 is 11.8 Å². The number of carbonyl (C=O) groups is 1. The fraction of sp³-hybridized carbons (Fsp3) is 0.800. The summed E-state index contributed by atoms with van der Waals surface area (Å²) in [6.45, 7) is 0. The number of hydrogen-bond acceptors (Lipinski definition) is 2. The minimum atomic E-state index is -0.669. The standard InChI is InChI=1S/C5H9NO2S.ClH/c1-6-3-9-2-4(6)5(7)8;/h4H,2-3H2,1H3,(H,7,8);1H. The van der Waals surface area contributed by atoms with Crippen molar-refractivity contribution in [3.8, 4) is 0 Å². The van der Waals surface area contributed by atoms with Gasteiger partial charge >= 0.3 is 5.97 Å². The number of nitrogens with one attached hydrogen (secondary N) is 1. The van der Waals surface area contributed by atoms with E-state index in [1.807, 2.05) is 7.05 Å². The molecule has 0 aromatic rings. The molecule has 0 amide bonds. The molecule has 2 N–H and O–H groups in total. The summed E-state index contributed by atoms with van der Waals surface area (Å²) in [6.07, 6.45) is 0. The van der Waals surface area contributed by atoms with Crippen LogP contribution in [0.3, 0.4) is 0 Å². The van der Waals surface area contributed by atoms with E-state index in [4.69, 9.17) is 5.11 Å². The first kappa shape index (κ1) is 10.1. The van der Waals surface area contributed by atoms with E-state index >= 15 is 0 Å². The second kappa shape index (κ2) is 4.05. The zero-order valence-electron chi connectivity index (χ0n) is 5.63. The van der Waals surface area contributed by atoms with Crippen molar-refractivity contribution in [2.75, 3.05) is 18.7 Å². The molecule has 10 heavy (non-hydrogen) atoms. The number of likely N-dealkylation sites (N-methyl/N-ethyl adjacent to an activating group) is 1. The molecule has 3 nitrogen and oxygen atoms in total. The van der Waals surface area contributed by atoms with Gasteiger partial charge < -0.3 is 22.4 Å². The highest BCUT2D eigenvalue weighted by Gasteiger charge is 2.31. The average Bonchev–Trinajstić information content (AvgIpc) is 2.13. The van der Waals surface area contributed by atoms with E-state index in [2.05, 4.69) is 0 Å². The fourth-order valence-electron chi connectivity index (χ4n) is 0.863. The Hall–Kier alpha value is 0.0700. The van der Waals surface area contributed by atoms with E-state index in [1.165, 1.54) is 0 Å². The number of rotatable bonds is 1. The summed E-state index contributed by atoms with van der Waals surface area (Å²) in [6, 6.07) is -0.171. The molecule has 1 rings (SSSR count). The molecule has 0 spiro atoms. The van der Waals surface area contributed by atoms with Gasteiger partial charge in [-0.1, -0.05) is 11.8 Å². The van der Waals surface area contributed by atoms with Gasteiger partial charge in [0.25, 0.3) is 0 Å². The number of aliphatic carboxylic acids is 1. The summed E-state index contributed by atoms with van der Waals surface area (Å²) in [5.41, 5.74) is 0. The maximum Gasteiger partial charge on any atom is 0.363 e. The topological polar surface area (TPSA) is 41.7 Å². The molecule has 0 bridgehead atoms. The zero-order chi connectivity index (χ0) is 6.85. The molecule has 0 radical (unpaired) electrons. The Kier molecular flexibility index (Phi) is 4.08. The highest BCUT2D eigenvalue weighted by molar-refractivity contribution is 7.99. The van der Waals surface area contributed by atoms with E-state index in [0.717, 1.165) is 16.5 Å². The molecule has 5 heteroatoms. The second-order valence-electron chi connectivity index (χ2n) is 2.25. The van der Waals surface area contributed by atoms with Crippen LogP contribution in [0.15, 0.2) is 0 Å². The van der Waals surface area contributed by atoms with Gasteiger partial charge in [0.1, 0.15) is 5.88 Å². The molecule has 0 saturated carbocycles. The maximum atomic E-state index is 10.4. The number of quaternary nitrogens is 1. The van der Waals surface area contributed by atoms with Gasteiger partial charge in [-0.15, -0.1) is 0 Å². The Labute approximate surface area is 70.2 Å². The van der Waals surface area contributed by atoms with Crippen LogP contribution in [-0.4, -0.2) is 35.8 Å². The minimum Gasteiger partial charge on any atom is -1.00 e. The lowest BCUT2D eigenvalue weighted by atomic mass is 10.3. The zero-order valence-corrected chi connectivity index (χ0v) is 7.21.